The van der Waals surface area contributed by atoms with Crippen LogP contribution in [0.1, 0.15) is 35.5 Å². The topological polar surface area (TPSA) is 40.7 Å². The molecule has 0 unspecified atom stereocenters. The van der Waals surface area contributed by atoms with Crippen LogP contribution in [0.25, 0.3) is 0 Å². The first-order chi connectivity index (χ1) is 8.58. The zero-order valence-electron chi connectivity index (χ0n) is 10.9. The van der Waals surface area contributed by atoms with E-state index >= 15 is 0 Å². The normalized spacial score (nSPS) is 12.7. The zero-order chi connectivity index (χ0) is 13.1. The Hall–Kier alpha value is -1.13. The van der Waals surface area contributed by atoms with Crippen molar-refractivity contribution in [2.45, 2.75) is 33.4 Å². The molecule has 0 fully saturated rings. The van der Waals surface area contributed by atoms with E-state index in [1.54, 1.807) is 0 Å². The molecule has 2 N–H and O–H groups in total. The van der Waals surface area contributed by atoms with Gasteiger partial charge in [-0.1, -0.05) is 28.1 Å². The van der Waals surface area contributed by atoms with Gasteiger partial charge in [0.05, 0.1) is 5.69 Å². The van der Waals surface area contributed by atoms with Crippen molar-refractivity contribution in [3.63, 3.8) is 0 Å². The smallest absolute Gasteiger partial charge is 0.0638 e. The zero-order valence-corrected chi connectivity index (χ0v) is 12.5. The first-order valence-electron chi connectivity index (χ1n) is 6.07. The molecule has 4 heteroatoms. The van der Waals surface area contributed by atoms with Crippen LogP contribution in [0.3, 0.4) is 0 Å². The number of nitrogens with one attached hydrogen (secondary N) is 2. The number of halogens is 1. The van der Waals surface area contributed by atoms with E-state index in [1.165, 1.54) is 11.1 Å². The predicted octanol–water partition coefficient (Wildman–Crippen LogP) is 3.64. The summed E-state index contributed by atoms with van der Waals surface area (Å²) in [5, 5.41) is 10.7. The van der Waals surface area contributed by atoms with E-state index in [-0.39, 0.29) is 0 Å². The van der Waals surface area contributed by atoms with E-state index in [4.69, 9.17) is 0 Å². The summed E-state index contributed by atoms with van der Waals surface area (Å²) in [6, 6.07) is 8.74. The van der Waals surface area contributed by atoms with Crippen LogP contribution >= 0.6 is 15.9 Å². The summed E-state index contributed by atoms with van der Waals surface area (Å²) in [6.45, 7) is 7.10. The van der Waals surface area contributed by atoms with E-state index in [1.807, 2.05) is 6.92 Å². The highest BCUT2D eigenvalue weighted by Crippen LogP contribution is 2.17. The Morgan fingerprint density at radius 3 is 2.50 bits per heavy atom. The third kappa shape index (κ3) is 3.00. The summed E-state index contributed by atoms with van der Waals surface area (Å²) in [4.78, 5) is 0. The molecule has 1 aromatic heterocycles. The molecular weight excluding hydrogens is 290 g/mol. The average molecular weight is 308 g/mol. The number of hydrogen-bond acceptors (Lipinski definition) is 2. The maximum Gasteiger partial charge on any atom is 0.0638 e. The van der Waals surface area contributed by atoms with E-state index in [0.717, 1.165) is 22.4 Å². The minimum atomic E-state index is 0.326. The van der Waals surface area contributed by atoms with Crippen LogP contribution in [-0.2, 0) is 6.54 Å². The number of benzene rings is 1. The first-order valence-corrected chi connectivity index (χ1v) is 6.86. The van der Waals surface area contributed by atoms with Gasteiger partial charge in [0.2, 0.25) is 0 Å². The standard InChI is InChI=1S/C14H18BrN3/c1-9(12-4-6-13(15)7-5-12)16-8-14-10(2)17-18-11(14)3/h4-7,9,16H,8H2,1-3H3,(H,17,18)/t9-/m0/s1. The lowest BCUT2D eigenvalue weighted by Gasteiger charge is -2.14. The number of H-pyrrole nitrogens is 1. The van der Waals surface area contributed by atoms with Crippen molar-refractivity contribution < 1.29 is 0 Å². The maximum absolute atomic E-state index is 4.21. The van der Waals surface area contributed by atoms with Crippen molar-refractivity contribution in [1.82, 2.24) is 15.5 Å². The highest BCUT2D eigenvalue weighted by atomic mass is 79.9. The molecule has 0 aliphatic carbocycles. The summed E-state index contributed by atoms with van der Waals surface area (Å²) in [6.07, 6.45) is 0. The average Bonchev–Trinajstić information content (AvgIpc) is 2.67. The molecule has 0 amide bonds. The molecule has 2 aromatic rings. The van der Waals surface area contributed by atoms with Gasteiger partial charge in [-0.2, -0.15) is 5.10 Å². The highest BCUT2D eigenvalue weighted by Gasteiger charge is 2.09. The van der Waals surface area contributed by atoms with Gasteiger partial charge in [-0.15, -0.1) is 0 Å². The quantitative estimate of drug-likeness (QED) is 0.905. The van der Waals surface area contributed by atoms with Crippen molar-refractivity contribution in [2.24, 2.45) is 0 Å². The predicted molar refractivity (Wildman–Crippen MR) is 77.5 cm³/mol. The molecule has 0 saturated heterocycles. The minimum Gasteiger partial charge on any atom is -0.306 e. The number of nitrogens with zero attached hydrogens (tertiary/aromatic N) is 1. The van der Waals surface area contributed by atoms with Crippen molar-refractivity contribution in [3.8, 4) is 0 Å². The van der Waals surface area contributed by atoms with E-state index in [2.05, 4.69) is 69.6 Å². The van der Waals surface area contributed by atoms with Crippen LogP contribution in [0.5, 0.6) is 0 Å². The molecule has 3 nitrogen and oxygen atoms in total. The monoisotopic (exact) mass is 307 g/mol. The molecule has 0 aliphatic rings. The lowest BCUT2D eigenvalue weighted by molar-refractivity contribution is 0.572. The Kier molecular flexibility index (Phi) is 4.19. The van der Waals surface area contributed by atoms with Crippen LogP contribution < -0.4 is 5.32 Å². The summed E-state index contributed by atoms with van der Waals surface area (Å²) in [5.41, 5.74) is 4.77. The van der Waals surface area contributed by atoms with Gasteiger partial charge >= 0.3 is 0 Å². The van der Waals surface area contributed by atoms with Crippen molar-refractivity contribution in [1.29, 1.82) is 0 Å². The summed E-state index contributed by atoms with van der Waals surface area (Å²) >= 11 is 3.45. The van der Waals surface area contributed by atoms with E-state index < -0.39 is 0 Å². The number of aryl methyl sites for hydroxylation is 2. The number of rotatable bonds is 4. The second-order valence-corrected chi connectivity index (χ2v) is 5.48. The number of aromatic nitrogens is 2. The third-order valence-corrected chi connectivity index (χ3v) is 3.76. The van der Waals surface area contributed by atoms with Crippen LogP contribution in [0.4, 0.5) is 0 Å². The fourth-order valence-electron chi connectivity index (χ4n) is 1.96. The van der Waals surface area contributed by atoms with Crippen molar-refractivity contribution >= 4 is 15.9 Å². The van der Waals surface area contributed by atoms with Crippen LogP contribution in [0.2, 0.25) is 0 Å². The molecule has 2 rings (SSSR count). The molecule has 0 aliphatic heterocycles. The van der Waals surface area contributed by atoms with Gasteiger partial charge in [0.25, 0.3) is 0 Å². The molecule has 0 bridgehead atoms. The Labute approximate surface area is 116 Å². The molecular formula is C14H18BrN3. The number of hydrogen-bond donors (Lipinski definition) is 2. The molecule has 0 radical (unpaired) electrons. The van der Waals surface area contributed by atoms with Gasteiger partial charge in [0.15, 0.2) is 0 Å². The molecule has 1 heterocycles. The van der Waals surface area contributed by atoms with Gasteiger partial charge in [-0.05, 0) is 38.5 Å². The summed E-state index contributed by atoms with van der Waals surface area (Å²) in [7, 11) is 0. The lowest BCUT2D eigenvalue weighted by Crippen LogP contribution is -2.18. The fraction of sp³-hybridized carbons (Fsp3) is 0.357. The summed E-state index contributed by atoms with van der Waals surface area (Å²) in [5.74, 6) is 0. The van der Waals surface area contributed by atoms with Gasteiger partial charge in [0.1, 0.15) is 0 Å². The highest BCUT2D eigenvalue weighted by molar-refractivity contribution is 9.10. The number of aromatic amines is 1. The Balaban J connectivity index is 2.00. The molecule has 96 valence electrons. The van der Waals surface area contributed by atoms with Gasteiger partial charge < -0.3 is 5.32 Å². The first kappa shape index (κ1) is 13.3. The van der Waals surface area contributed by atoms with Crippen LogP contribution in [0.15, 0.2) is 28.7 Å². The van der Waals surface area contributed by atoms with E-state index in [0.29, 0.717) is 6.04 Å². The molecule has 0 saturated carbocycles. The largest absolute Gasteiger partial charge is 0.306 e. The lowest BCUT2D eigenvalue weighted by atomic mass is 10.1. The Bertz CT molecular complexity index is 497. The molecule has 1 aromatic carbocycles. The molecule has 1 atom stereocenters. The SMILES string of the molecule is Cc1n[nH]c(C)c1CN[C@@H](C)c1ccc(Br)cc1. The summed E-state index contributed by atoms with van der Waals surface area (Å²) < 4.78 is 1.11. The molecule has 0 spiro atoms. The van der Waals surface area contributed by atoms with Gasteiger partial charge in [-0.3, -0.25) is 5.10 Å². The Morgan fingerprint density at radius 2 is 1.94 bits per heavy atom. The Morgan fingerprint density at radius 1 is 1.28 bits per heavy atom. The third-order valence-electron chi connectivity index (χ3n) is 3.24. The van der Waals surface area contributed by atoms with Crippen molar-refractivity contribution in [2.75, 3.05) is 0 Å². The second-order valence-electron chi connectivity index (χ2n) is 4.57. The van der Waals surface area contributed by atoms with Gasteiger partial charge in [0, 0.05) is 28.3 Å². The second kappa shape index (κ2) is 5.67. The van der Waals surface area contributed by atoms with E-state index in [9.17, 15) is 0 Å². The molecule has 18 heavy (non-hydrogen) atoms. The van der Waals surface area contributed by atoms with Crippen LogP contribution in [0, 0.1) is 13.8 Å². The van der Waals surface area contributed by atoms with Crippen LogP contribution in [-0.4, -0.2) is 10.2 Å². The van der Waals surface area contributed by atoms with Gasteiger partial charge in [-0.25, -0.2) is 0 Å². The van der Waals surface area contributed by atoms with Crippen molar-refractivity contribution in [3.05, 3.63) is 51.3 Å². The fourth-order valence-corrected chi connectivity index (χ4v) is 2.22. The minimum absolute atomic E-state index is 0.326. The maximum atomic E-state index is 4.21.